The van der Waals surface area contributed by atoms with E-state index >= 15 is 0 Å². The van der Waals surface area contributed by atoms with Gasteiger partial charge in [-0.1, -0.05) is 6.07 Å². The molecule has 3 rings (SSSR count). The summed E-state index contributed by atoms with van der Waals surface area (Å²) in [6.07, 6.45) is 4.74. The second kappa shape index (κ2) is 5.93. The molecule has 0 saturated heterocycles. The van der Waals surface area contributed by atoms with Crippen molar-refractivity contribution in [1.29, 1.82) is 0 Å². The molecule has 5 heteroatoms. The van der Waals surface area contributed by atoms with E-state index in [0.29, 0.717) is 5.56 Å². The van der Waals surface area contributed by atoms with Crippen molar-refractivity contribution < 1.29 is 9.53 Å². The first kappa shape index (κ1) is 14.8. The Labute approximate surface area is 130 Å². The summed E-state index contributed by atoms with van der Waals surface area (Å²) in [5.74, 6) is -0.311. The molecule has 0 fully saturated rings. The number of benzene rings is 1. The Bertz CT molecular complexity index is 691. The first-order chi connectivity index (χ1) is 10.6. The predicted molar refractivity (Wildman–Crippen MR) is 84.0 cm³/mol. The van der Waals surface area contributed by atoms with Gasteiger partial charge in [0.1, 0.15) is 0 Å². The Kier molecular flexibility index (Phi) is 3.98. The second-order valence-corrected chi connectivity index (χ2v) is 5.96. The van der Waals surface area contributed by atoms with Crippen LogP contribution in [-0.4, -0.2) is 21.9 Å². The molecule has 0 aliphatic heterocycles. The summed E-state index contributed by atoms with van der Waals surface area (Å²) in [6, 6.07) is 7.43. The van der Waals surface area contributed by atoms with Crippen molar-refractivity contribution in [1.82, 2.24) is 9.78 Å². The van der Waals surface area contributed by atoms with Crippen molar-refractivity contribution in [2.24, 2.45) is 5.73 Å². The molecule has 1 aromatic carbocycles. The zero-order valence-electron chi connectivity index (χ0n) is 13.0. The van der Waals surface area contributed by atoms with Gasteiger partial charge in [-0.3, -0.25) is 0 Å². The summed E-state index contributed by atoms with van der Waals surface area (Å²) in [5, 5.41) is 4.46. The predicted octanol–water partition coefficient (Wildman–Crippen LogP) is 2.77. The van der Waals surface area contributed by atoms with Crippen molar-refractivity contribution in [2.45, 2.75) is 45.3 Å². The Balaban J connectivity index is 1.95. The number of hydrogen-bond acceptors (Lipinski definition) is 4. The van der Waals surface area contributed by atoms with Gasteiger partial charge in [0.25, 0.3) is 0 Å². The largest absolute Gasteiger partial charge is 0.459 e. The van der Waals surface area contributed by atoms with Gasteiger partial charge in [-0.25, -0.2) is 9.48 Å². The Hall–Kier alpha value is -2.14. The fourth-order valence-corrected chi connectivity index (χ4v) is 2.86. The van der Waals surface area contributed by atoms with E-state index in [-0.39, 0.29) is 18.1 Å². The van der Waals surface area contributed by atoms with Gasteiger partial charge < -0.3 is 10.5 Å². The van der Waals surface area contributed by atoms with E-state index in [2.05, 4.69) is 5.10 Å². The van der Waals surface area contributed by atoms with E-state index in [1.165, 1.54) is 0 Å². The van der Waals surface area contributed by atoms with E-state index in [9.17, 15) is 4.79 Å². The molecule has 22 heavy (non-hydrogen) atoms. The van der Waals surface area contributed by atoms with Crippen molar-refractivity contribution in [3.05, 3.63) is 47.3 Å². The van der Waals surface area contributed by atoms with Crippen LogP contribution < -0.4 is 5.73 Å². The minimum absolute atomic E-state index is 0.0617. The number of aromatic nitrogens is 2. The summed E-state index contributed by atoms with van der Waals surface area (Å²) in [5.41, 5.74) is 9.81. The molecule has 0 saturated carbocycles. The standard InChI is InChI=1S/C17H21N3O2/c1-11(2)22-17(21)12-5-3-6-13(9-12)20-16-8-4-7-15(18)14(16)10-19-20/h3,5-6,9-11,15H,4,7-8,18H2,1-2H3. The maximum atomic E-state index is 12.0. The highest BCUT2D eigenvalue weighted by atomic mass is 16.5. The molecule has 1 aromatic heterocycles. The number of carbonyl (C=O) groups excluding carboxylic acids is 1. The highest BCUT2D eigenvalue weighted by molar-refractivity contribution is 5.90. The van der Waals surface area contributed by atoms with Gasteiger partial charge in [-0.2, -0.15) is 5.10 Å². The zero-order valence-corrected chi connectivity index (χ0v) is 13.0. The van der Waals surface area contributed by atoms with Gasteiger partial charge in [0.05, 0.1) is 23.6 Å². The molecule has 1 aliphatic rings. The number of ether oxygens (including phenoxy) is 1. The lowest BCUT2D eigenvalue weighted by molar-refractivity contribution is 0.0378. The third-order valence-corrected chi connectivity index (χ3v) is 3.90. The summed E-state index contributed by atoms with van der Waals surface area (Å²) in [6.45, 7) is 3.68. The van der Waals surface area contributed by atoms with Crippen LogP contribution in [0.2, 0.25) is 0 Å². The van der Waals surface area contributed by atoms with Crippen LogP contribution >= 0.6 is 0 Å². The van der Waals surface area contributed by atoms with Crippen molar-refractivity contribution in [3.8, 4) is 5.69 Å². The van der Waals surface area contributed by atoms with Crippen LogP contribution in [-0.2, 0) is 11.2 Å². The van der Waals surface area contributed by atoms with Gasteiger partial charge >= 0.3 is 5.97 Å². The lowest BCUT2D eigenvalue weighted by atomic mass is 9.94. The van der Waals surface area contributed by atoms with Gasteiger partial charge in [0, 0.05) is 17.3 Å². The molecule has 1 heterocycles. The smallest absolute Gasteiger partial charge is 0.338 e. The van der Waals surface area contributed by atoms with E-state index in [1.807, 2.05) is 42.9 Å². The van der Waals surface area contributed by atoms with Crippen LogP contribution in [0.25, 0.3) is 5.69 Å². The summed E-state index contributed by atoms with van der Waals surface area (Å²) in [4.78, 5) is 12.0. The lowest BCUT2D eigenvalue weighted by Gasteiger charge is -2.19. The number of carbonyl (C=O) groups is 1. The zero-order chi connectivity index (χ0) is 15.7. The maximum Gasteiger partial charge on any atom is 0.338 e. The molecule has 2 aromatic rings. The third kappa shape index (κ3) is 2.76. The van der Waals surface area contributed by atoms with Crippen LogP contribution in [0.3, 0.4) is 0 Å². The van der Waals surface area contributed by atoms with Crippen LogP contribution in [0.4, 0.5) is 0 Å². The van der Waals surface area contributed by atoms with Crippen LogP contribution in [0.5, 0.6) is 0 Å². The molecule has 0 spiro atoms. The van der Waals surface area contributed by atoms with E-state index < -0.39 is 0 Å². The van der Waals surface area contributed by atoms with Crippen molar-refractivity contribution in [2.75, 3.05) is 0 Å². The molecule has 0 radical (unpaired) electrons. The molecule has 0 bridgehead atoms. The van der Waals surface area contributed by atoms with Gasteiger partial charge in [-0.15, -0.1) is 0 Å². The fraction of sp³-hybridized carbons (Fsp3) is 0.412. The normalized spacial score (nSPS) is 17.4. The summed E-state index contributed by atoms with van der Waals surface area (Å²) >= 11 is 0. The van der Waals surface area contributed by atoms with Crippen LogP contribution in [0.1, 0.15) is 54.3 Å². The molecule has 1 aliphatic carbocycles. The molecular formula is C17H21N3O2. The average Bonchev–Trinajstić information content (AvgIpc) is 2.92. The number of fused-ring (bicyclic) bond motifs is 1. The average molecular weight is 299 g/mol. The van der Waals surface area contributed by atoms with Gasteiger partial charge in [0.2, 0.25) is 0 Å². The van der Waals surface area contributed by atoms with E-state index in [1.54, 1.807) is 6.07 Å². The number of rotatable bonds is 3. The number of nitrogens with zero attached hydrogens (tertiary/aromatic N) is 2. The SMILES string of the molecule is CC(C)OC(=O)c1cccc(-n2ncc3c2CCCC3N)c1. The molecule has 116 valence electrons. The third-order valence-electron chi connectivity index (χ3n) is 3.90. The number of esters is 1. The Morgan fingerprint density at radius 1 is 1.45 bits per heavy atom. The summed E-state index contributed by atoms with van der Waals surface area (Å²) < 4.78 is 7.14. The molecule has 0 amide bonds. The van der Waals surface area contributed by atoms with Gasteiger partial charge in [0.15, 0.2) is 0 Å². The first-order valence-electron chi connectivity index (χ1n) is 7.70. The second-order valence-electron chi connectivity index (χ2n) is 5.96. The van der Waals surface area contributed by atoms with E-state index in [4.69, 9.17) is 10.5 Å². The van der Waals surface area contributed by atoms with Crippen molar-refractivity contribution in [3.63, 3.8) is 0 Å². The van der Waals surface area contributed by atoms with E-state index in [0.717, 1.165) is 36.2 Å². The molecule has 2 N–H and O–H groups in total. The Morgan fingerprint density at radius 3 is 3.05 bits per heavy atom. The molecule has 5 nitrogen and oxygen atoms in total. The van der Waals surface area contributed by atoms with Crippen LogP contribution in [0.15, 0.2) is 30.5 Å². The topological polar surface area (TPSA) is 70.1 Å². The number of nitrogens with two attached hydrogens (primary N) is 1. The maximum absolute atomic E-state index is 12.0. The highest BCUT2D eigenvalue weighted by Crippen LogP contribution is 2.29. The molecule has 1 atom stereocenters. The number of hydrogen-bond donors (Lipinski definition) is 1. The molecular weight excluding hydrogens is 278 g/mol. The quantitative estimate of drug-likeness (QED) is 0.885. The minimum atomic E-state index is -0.311. The van der Waals surface area contributed by atoms with Crippen LogP contribution in [0, 0.1) is 0 Å². The van der Waals surface area contributed by atoms with Crippen molar-refractivity contribution >= 4 is 5.97 Å². The fourth-order valence-electron chi connectivity index (χ4n) is 2.86. The summed E-state index contributed by atoms with van der Waals surface area (Å²) in [7, 11) is 0. The highest BCUT2D eigenvalue weighted by Gasteiger charge is 2.22. The monoisotopic (exact) mass is 299 g/mol. The Morgan fingerprint density at radius 2 is 2.27 bits per heavy atom. The minimum Gasteiger partial charge on any atom is -0.459 e. The molecule has 1 unspecified atom stereocenters. The van der Waals surface area contributed by atoms with Gasteiger partial charge in [-0.05, 0) is 51.3 Å². The lowest BCUT2D eigenvalue weighted by Crippen LogP contribution is -2.18. The first-order valence-corrected chi connectivity index (χ1v) is 7.70.